The van der Waals surface area contributed by atoms with Crippen LogP contribution in [0.4, 0.5) is 0 Å². The van der Waals surface area contributed by atoms with Crippen LogP contribution in [0.5, 0.6) is 0 Å². The second-order valence-electron chi connectivity index (χ2n) is 5.89. The molecule has 1 heteroatoms. The third-order valence-corrected chi connectivity index (χ3v) is 4.30. The molecule has 2 fully saturated rings. The maximum atomic E-state index is 2.63. The van der Waals surface area contributed by atoms with Gasteiger partial charge in [0.05, 0.1) is 0 Å². The van der Waals surface area contributed by atoms with Crippen LogP contribution in [0.1, 0.15) is 40.5 Å². The van der Waals surface area contributed by atoms with Crippen molar-refractivity contribution in [2.75, 3.05) is 0 Å². The Hall–Kier alpha value is 0.0649. The second kappa shape index (κ2) is 3.03. The summed E-state index contributed by atoms with van der Waals surface area (Å²) in [5.74, 6) is 3.64. The predicted molar refractivity (Wildman–Crippen MR) is 59.1 cm³/mol. The molecule has 0 amide bonds. The van der Waals surface area contributed by atoms with Gasteiger partial charge in [0, 0.05) is 0 Å². The van der Waals surface area contributed by atoms with Crippen molar-refractivity contribution in [3.05, 3.63) is 0 Å². The molecule has 1 saturated heterocycles. The Morgan fingerprint density at radius 1 is 1.08 bits per heavy atom. The van der Waals surface area contributed by atoms with Gasteiger partial charge in [0.25, 0.3) is 0 Å². The Kier molecular flexibility index (Phi) is 2.24. The zero-order valence-corrected chi connectivity index (χ0v) is 9.51. The average molecular weight is 177 g/mol. The van der Waals surface area contributed by atoms with Gasteiger partial charge in [0.1, 0.15) is 7.28 Å². The van der Waals surface area contributed by atoms with E-state index in [1.165, 1.54) is 19.2 Å². The number of hydrogen-bond acceptors (Lipinski definition) is 0. The minimum Gasteiger partial charge on any atom is -0.0741 e. The zero-order chi connectivity index (χ0) is 9.64. The lowest BCUT2D eigenvalue weighted by molar-refractivity contribution is 0.233. The Morgan fingerprint density at radius 2 is 1.69 bits per heavy atom. The minimum absolute atomic E-state index is 0.781. The Labute approximate surface area is 83.7 Å². The highest BCUT2D eigenvalue weighted by Gasteiger charge is 2.56. The minimum atomic E-state index is 0.781. The molecule has 2 unspecified atom stereocenters. The van der Waals surface area contributed by atoms with Gasteiger partial charge < -0.3 is 0 Å². The third-order valence-electron chi connectivity index (χ3n) is 4.30. The van der Waals surface area contributed by atoms with Crippen LogP contribution in [0.3, 0.4) is 0 Å². The van der Waals surface area contributed by atoms with Crippen molar-refractivity contribution in [1.82, 2.24) is 0 Å². The largest absolute Gasteiger partial charge is 0.115 e. The van der Waals surface area contributed by atoms with Crippen molar-refractivity contribution in [2.24, 2.45) is 23.2 Å². The monoisotopic (exact) mass is 177 g/mol. The van der Waals surface area contributed by atoms with Crippen molar-refractivity contribution in [1.29, 1.82) is 0 Å². The molecule has 2 rings (SSSR count). The molecular formula is C12H22B. The summed E-state index contributed by atoms with van der Waals surface area (Å²) >= 11 is 0. The standard InChI is InChI=1S/C12H22B/c1-8(2)10-11(9(3)4)13-7-12(10)5-6-12/h8-11H,5-7H2,1-4H3. The van der Waals surface area contributed by atoms with E-state index >= 15 is 0 Å². The first-order valence-corrected chi connectivity index (χ1v) is 5.90. The van der Waals surface area contributed by atoms with Crippen molar-refractivity contribution in [3.63, 3.8) is 0 Å². The maximum Gasteiger partial charge on any atom is 0.115 e. The van der Waals surface area contributed by atoms with Gasteiger partial charge >= 0.3 is 0 Å². The molecule has 2 atom stereocenters. The fourth-order valence-corrected chi connectivity index (χ4v) is 3.60. The topological polar surface area (TPSA) is 0 Å². The van der Waals surface area contributed by atoms with Gasteiger partial charge in [0.2, 0.25) is 0 Å². The van der Waals surface area contributed by atoms with Crippen molar-refractivity contribution in [3.8, 4) is 0 Å². The lowest BCUT2D eigenvalue weighted by Crippen LogP contribution is -2.22. The highest BCUT2D eigenvalue weighted by atomic mass is 14.6. The number of rotatable bonds is 2. The summed E-state index contributed by atoms with van der Waals surface area (Å²) in [4.78, 5) is 0. The summed E-state index contributed by atoms with van der Waals surface area (Å²) in [5.41, 5.74) is 0.781. The lowest BCUT2D eigenvalue weighted by atomic mass is 9.59. The quantitative estimate of drug-likeness (QED) is 0.565. The van der Waals surface area contributed by atoms with Crippen LogP contribution in [0, 0.1) is 23.2 Å². The van der Waals surface area contributed by atoms with Crippen LogP contribution in [-0.2, 0) is 0 Å². The van der Waals surface area contributed by atoms with Crippen LogP contribution in [0.25, 0.3) is 0 Å². The molecule has 2 aliphatic rings. The van der Waals surface area contributed by atoms with Crippen LogP contribution in [-0.4, -0.2) is 7.28 Å². The molecule has 0 nitrogen and oxygen atoms in total. The van der Waals surface area contributed by atoms with Crippen molar-refractivity contribution in [2.45, 2.75) is 52.7 Å². The summed E-state index contributed by atoms with van der Waals surface area (Å²) in [7, 11) is 2.63. The van der Waals surface area contributed by atoms with Crippen LogP contribution >= 0.6 is 0 Å². The third kappa shape index (κ3) is 1.45. The van der Waals surface area contributed by atoms with E-state index < -0.39 is 0 Å². The van der Waals surface area contributed by atoms with Crippen molar-refractivity contribution < 1.29 is 0 Å². The Morgan fingerprint density at radius 3 is 2.08 bits per heavy atom. The van der Waals surface area contributed by atoms with E-state index in [1.54, 1.807) is 0 Å². The van der Waals surface area contributed by atoms with Gasteiger partial charge in [-0.3, -0.25) is 0 Å². The summed E-state index contributed by atoms with van der Waals surface area (Å²) in [6.07, 6.45) is 4.43. The lowest BCUT2D eigenvalue weighted by Gasteiger charge is -2.31. The average Bonchev–Trinajstić information content (AvgIpc) is 2.61. The van der Waals surface area contributed by atoms with E-state index in [1.807, 2.05) is 0 Å². The fourth-order valence-electron chi connectivity index (χ4n) is 3.60. The summed E-state index contributed by atoms with van der Waals surface area (Å²) in [5, 5.41) is 0. The normalized spacial score (nSPS) is 35.8. The number of hydrogen-bond donors (Lipinski definition) is 0. The van der Waals surface area contributed by atoms with Crippen LogP contribution < -0.4 is 0 Å². The van der Waals surface area contributed by atoms with E-state index in [-0.39, 0.29) is 0 Å². The molecule has 1 aliphatic carbocycles. The first-order valence-electron chi connectivity index (χ1n) is 5.90. The zero-order valence-electron chi connectivity index (χ0n) is 9.51. The molecule has 1 spiro atoms. The maximum absolute atomic E-state index is 2.63. The van der Waals surface area contributed by atoms with Crippen molar-refractivity contribution >= 4 is 7.28 Å². The molecule has 1 saturated carbocycles. The molecule has 73 valence electrons. The van der Waals surface area contributed by atoms with Gasteiger partial charge in [-0.1, -0.05) is 45.8 Å². The van der Waals surface area contributed by atoms with Gasteiger partial charge in [-0.05, 0) is 30.1 Å². The smallest absolute Gasteiger partial charge is 0.0741 e. The Bertz CT molecular complexity index is 191. The van der Waals surface area contributed by atoms with E-state index in [9.17, 15) is 0 Å². The summed E-state index contributed by atoms with van der Waals surface area (Å²) in [6, 6.07) is 0. The first kappa shape index (κ1) is 9.61. The second-order valence-corrected chi connectivity index (χ2v) is 5.89. The highest BCUT2D eigenvalue weighted by Crippen LogP contribution is 2.66. The first-order chi connectivity index (χ1) is 6.07. The summed E-state index contributed by atoms with van der Waals surface area (Å²) in [6.45, 7) is 9.61. The fraction of sp³-hybridized carbons (Fsp3) is 1.00. The SMILES string of the molecule is CC(C)C1[B]CC2(CC2)C1C(C)C. The van der Waals surface area contributed by atoms with Gasteiger partial charge in [0.15, 0.2) is 0 Å². The highest BCUT2D eigenvalue weighted by molar-refractivity contribution is 6.39. The molecule has 0 aromatic carbocycles. The van der Waals surface area contributed by atoms with E-state index in [0.29, 0.717) is 0 Å². The van der Waals surface area contributed by atoms with E-state index in [2.05, 4.69) is 35.0 Å². The van der Waals surface area contributed by atoms with Crippen LogP contribution in [0.15, 0.2) is 0 Å². The predicted octanol–water partition coefficient (Wildman–Crippen LogP) is 3.62. The van der Waals surface area contributed by atoms with Gasteiger partial charge in [-0.2, -0.15) is 0 Å². The Balaban J connectivity index is 2.14. The molecule has 0 bridgehead atoms. The van der Waals surface area contributed by atoms with E-state index in [4.69, 9.17) is 0 Å². The summed E-state index contributed by atoms with van der Waals surface area (Å²) < 4.78 is 0. The molecule has 1 aliphatic heterocycles. The molecular weight excluding hydrogens is 155 g/mol. The van der Waals surface area contributed by atoms with Gasteiger partial charge in [-0.25, -0.2) is 0 Å². The van der Waals surface area contributed by atoms with Gasteiger partial charge in [-0.15, -0.1) is 0 Å². The van der Waals surface area contributed by atoms with E-state index in [0.717, 1.165) is 29.0 Å². The molecule has 0 aromatic rings. The van der Waals surface area contributed by atoms with Crippen LogP contribution in [0.2, 0.25) is 12.1 Å². The molecule has 1 radical (unpaired) electrons. The molecule has 1 heterocycles. The molecule has 13 heavy (non-hydrogen) atoms. The molecule has 0 aromatic heterocycles. The molecule has 0 N–H and O–H groups in total.